The second kappa shape index (κ2) is 21.0. The minimum atomic E-state index is -0.168. The summed E-state index contributed by atoms with van der Waals surface area (Å²) < 4.78 is 12.8. The lowest BCUT2D eigenvalue weighted by molar-refractivity contribution is -0.0980. The molecular formula is C34H52N6O5S. The molecule has 4 rings (SSSR count). The van der Waals surface area contributed by atoms with E-state index < -0.39 is 0 Å². The summed E-state index contributed by atoms with van der Waals surface area (Å²) in [5.74, 6) is 7.53. The van der Waals surface area contributed by atoms with Gasteiger partial charge in [-0.05, 0) is 54.5 Å². The van der Waals surface area contributed by atoms with Gasteiger partial charge in [-0.3, -0.25) is 14.2 Å². The van der Waals surface area contributed by atoms with Crippen LogP contribution in [-0.2, 0) is 33.7 Å². The Bertz CT molecular complexity index is 1420. The van der Waals surface area contributed by atoms with Crippen molar-refractivity contribution < 1.29 is 19.1 Å². The molecule has 11 nitrogen and oxygen atoms in total. The van der Waals surface area contributed by atoms with Gasteiger partial charge in [-0.15, -0.1) is 0 Å². The van der Waals surface area contributed by atoms with E-state index in [0.29, 0.717) is 56.1 Å². The summed E-state index contributed by atoms with van der Waals surface area (Å²) in [5, 5.41) is 7.60. The molecule has 0 spiro atoms. The van der Waals surface area contributed by atoms with Crippen LogP contribution in [0.15, 0.2) is 57.4 Å². The predicted octanol–water partition coefficient (Wildman–Crippen LogP) is 5.70. The first-order valence-electron chi connectivity index (χ1n) is 15.6. The number of nitrogens with one attached hydrogen (secondary N) is 2. The van der Waals surface area contributed by atoms with Crippen LogP contribution in [0.2, 0.25) is 0 Å². The number of allylic oxidation sites excluding steroid dienone is 3. The van der Waals surface area contributed by atoms with Crippen molar-refractivity contribution in [1.82, 2.24) is 14.9 Å². The molecular weight excluding hydrogens is 604 g/mol. The second-order valence-electron chi connectivity index (χ2n) is 9.74. The molecule has 46 heavy (non-hydrogen) atoms. The third-order valence-electron chi connectivity index (χ3n) is 7.15. The molecule has 0 bridgehead atoms. The van der Waals surface area contributed by atoms with E-state index in [1.165, 1.54) is 16.8 Å². The second-order valence-corrected chi connectivity index (χ2v) is 10.8. The Morgan fingerprint density at radius 3 is 2.33 bits per heavy atom. The summed E-state index contributed by atoms with van der Waals surface area (Å²) in [6.45, 7) is 15.5. The molecule has 1 unspecified atom stereocenters. The van der Waals surface area contributed by atoms with Crippen molar-refractivity contribution in [2.45, 2.75) is 73.5 Å². The Labute approximate surface area is 278 Å². The van der Waals surface area contributed by atoms with E-state index in [9.17, 15) is 9.59 Å². The molecule has 1 aliphatic carbocycles. The number of aromatic nitrogens is 2. The maximum atomic E-state index is 13.6. The third kappa shape index (κ3) is 10.6. The number of methoxy groups -OCH3 is 2. The highest BCUT2D eigenvalue weighted by Crippen LogP contribution is 2.31. The summed E-state index contributed by atoms with van der Waals surface area (Å²) in [5.41, 5.74) is 5.13. The summed E-state index contributed by atoms with van der Waals surface area (Å²) >= 11 is 1.25. The minimum absolute atomic E-state index is 0.0119. The minimum Gasteiger partial charge on any atom is -0.498 e. The molecule has 1 aromatic heterocycles. The van der Waals surface area contributed by atoms with Crippen LogP contribution >= 0.6 is 11.8 Å². The van der Waals surface area contributed by atoms with E-state index in [2.05, 4.69) is 10.6 Å². The van der Waals surface area contributed by atoms with Crippen LogP contribution in [0.4, 0.5) is 16.2 Å². The number of hydrazine groups is 1. The topological polar surface area (TPSA) is 141 Å². The standard InChI is InChI=1S/C29H38N6O4S.2C2H6.CH2O/c1-6-22-27(34(3)30)28(36)35(26(33-22)16-19-7-12-23(38-4)24(15-19)39-5)14-13-31-21-10-8-20(9-11-21)18(2)25-17-32-29(37)40-25;3*1-2/h7-12,24,31H,6,13-17,30H2,1-5H3,(H,32,37);2*1-2H3;1H2/b25-18-;;;. The van der Waals surface area contributed by atoms with E-state index >= 15 is 0 Å². The zero-order chi connectivity index (χ0) is 34.8. The number of amides is 1. The number of benzene rings is 1. The average molecular weight is 657 g/mol. The molecule has 0 radical (unpaired) electrons. The Morgan fingerprint density at radius 1 is 1.15 bits per heavy atom. The van der Waals surface area contributed by atoms with Gasteiger partial charge in [-0.1, -0.05) is 58.4 Å². The van der Waals surface area contributed by atoms with Crippen LogP contribution in [0.1, 0.15) is 65.0 Å². The van der Waals surface area contributed by atoms with Crippen molar-refractivity contribution in [2.75, 3.05) is 44.7 Å². The fourth-order valence-electron chi connectivity index (χ4n) is 4.91. The monoisotopic (exact) mass is 656 g/mol. The van der Waals surface area contributed by atoms with Crippen LogP contribution < -0.4 is 27.0 Å². The number of rotatable bonds is 11. The highest BCUT2D eigenvalue weighted by Gasteiger charge is 2.23. The van der Waals surface area contributed by atoms with Gasteiger partial charge in [-0.2, -0.15) is 0 Å². The van der Waals surface area contributed by atoms with Gasteiger partial charge in [-0.25, -0.2) is 10.8 Å². The molecule has 2 heterocycles. The highest BCUT2D eigenvalue weighted by atomic mass is 32.2. The van der Waals surface area contributed by atoms with Crippen molar-refractivity contribution in [1.29, 1.82) is 0 Å². The lowest BCUT2D eigenvalue weighted by atomic mass is 9.97. The van der Waals surface area contributed by atoms with Gasteiger partial charge >= 0.3 is 0 Å². The van der Waals surface area contributed by atoms with Gasteiger partial charge in [0.2, 0.25) is 0 Å². The number of nitrogens with zero attached hydrogens (tertiary/aromatic N) is 3. The summed E-state index contributed by atoms with van der Waals surface area (Å²) in [4.78, 5) is 39.1. The largest absolute Gasteiger partial charge is 0.498 e. The number of carbonyl (C=O) groups excluding carboxylic acids is 2. The van der Waals surface area contributed by atoms with Gasteiger partial charge in [0, 0.05) is 50.7 Å². The Morgan fingerprint density at radius 2 is 1.80 bits per heavy atom. The van der Waals surface area contributed by atoms with Gasteiger partial charge in [0.05, 0.1) is 19.3 Å². The SMILES string of the molecule is C=O.CC.CC.CCc1nc(CC2=CC=C(OC)C(OC)C2)n(CCNc2ccc(/C(C)=C3/CNC(=O)S3)cc2)c(=O)c1N(C)N. The van der Waals surface area contributed by atoms with E-state index in [1.807, 2.05) is 84.7 Å². The molecule has 1 amide bonds. The van der Waals surface area contributed by atoms with Gasteiger partial charge in [0.15, 0.2) is 0 Å². The molecule has 4 N–H and O–H groups in total. The maximum absolute atomic E-state index is 13.6. The van der Waals surface area contributed by atoms with Crippen LogP contribution in [0.25, 0.3) is 5.57 Å². The normalized spacial score (nSPS) is 16.1. The first-order valence-corrected chi connectivity index (χ1v) is 16.4. The van der Waals surface area contributed by atoms with E-state index in [-0.39, 0.29) is 16.9 Å². The van der Waals surface area contributed by atoms with Crippen molar-refractivity contribution >= 4 is 40.7 Å². The molecule has 2 aliphatic rings. The quantitative estimate of drug-likeness (QED) is 0.204. The summed E-state index contributed by atoms with van der Waals surface area (Å²) in [7, 11) is 4.97. The molecule has 1 saturated heterocycles. The van der Waals surface area contributed by atoms with E-state index in [1.54, 1.807) is 25.8 Å². The number of hydrogen-bond acceptors (Lipinski definition) is 10. The van der Waals surface area contributed by atoms with Crippen LogP contribution in [0.5, 0.6) is 0 Å². The van der Waals surface area contributed by atoms with Gasteiger partial charge < -0.3 is 29.9 Å². The molecule has 2 aromatic rings. The fourth-order valence-corrected chi connectivity index (χ4v) is 5.69. The first-order chi connectivity index (χ1) is 22.2. The molecule has 12 heteroatoms. The average Bonchev–Trinajstić information content (AvgIpc) is 3.54. The number of hydrogen-bond donors (Lipinski definition) is 3. The zero-order valence-corrected chi connectivity index (χ0v) is 29.7. The molecule has 1 aromatic carbocycles. The number of aryl methyl sites for hydroxylation is 1. The number of nitrogens with two attached hydrogens (primary N) is 1. The number of carbonyl (C=O) groups is 2. The van der Waals surface area contributed by atoms with Gasteiger partial charge in [0.1, 0.15) is 30.2 Å². The van der Waals surface area contributed by atoms with Crippen LogP contribution in [-0.4, -0.2) is 62.0 Å². The Balaban J connectivity index is 0.00000166. The number of anilines is 2. The number of ether oxygens (including phenoxy) is 2. The van der Waals surface area contributed by atoms with E-state index in [4.69, 9.17) is 25.1 Å². The highest BCUT2D eigenvalue weighted by molar-refractivity contribution is 8.17. The fraction of sp³-hybridized carbons (Fsp3) is 0.471. The van der Waals surface area contributed by atoms with Crippen molar-refractivity contribution in [3.63, 3.8) is 0 Å². The lowest BCUT2D eigenvalue weighted by Gasteiger charge is -2.24. The van der Waals surface area contributed by atoms with E-state index in [0.717, 1.165) is 33.1 Å². The summed E-state index contributed by atoms with van der Waals surface area (Å²) in [6, 6.07) is 8.09. The summed E-state index contributed by atoms with van der Waals surface area (Å²) in [6.07, 6.45) is 5.54. The molecule has 1 aliphatic heterocycles. The lowest BCUT2D eigenvalue weighted by Crippen LogP contribution is -2.38. The van der Waals surface area contributed by atoms with Crippen molar-refractivity contribution in [2.24, 2.45) is 5.84 Å². The van der Waals surface area contributed by atoms with Gasteiger partial charge in [0.25, 0.3) is 10.8 Å². The molecule has 1 fully saturated rings. The zero-order valence-electron chi connectivity index (χ0n) is 28.9. The Kier molecular flexibility index (Phi) is 18.4. The smallest absolute Gasteiger partial charge is 0.283 e. The van der Waals surface area contributed by atoms with Crippen molar-refractivity contribution in [3.05, 3.63) is 80.1 Å². The third-order valence-corrected chi connectivity index (χ3v) is 8.17. The first kappa shape index (κ1) is 40.2. The molecule has 1 atom stereocenters. The predicted molar refractivity (Wildman–Crippen MR) is 191 cm³/mol. The van der Waals surface area contributed by atoms with Crippen LogP contribution in [0.3, 0.4) is 0 Å². The molecule has 254 valence electrons. The van der Waals surface area contributed by atoms with Crippen molar-refractivity contribution in [3.8, 4) is 0 Å². The number of thioether (sulfide) groups is 1. The Hall–Kier alpha value is -3.87. The molecule has 0 saturated carbocycles. The maximum Gasteiger partial charge on any atom is 0.283 e. The van der Waals surface area contributed by atoms with Crippen LogP contribution in [0, 0.1) is 0 Å².